The Hall–Kier alpha value is -3.72. The molecule has 3 nitrogen and oxygen atoms in total. The Bertz CT molecular complexity index is 1440. The van der Waals surface area contributed by atoms with E-state index in [-0.39, 0.29) is 5.56 Å². The number of rotatable bonds is 4. The Morgan fingerprint density at radius 3 is 2.26 bits per heavy atom. The van der Waals surface area contributed by atoms with Gasteiger partial charge < -0.3 is 0 Å². The van der Waals surface area contributed by atoms with Gasteiger partial charge in [-0.3, -0.25) is 9.36 Å². The van der Waals surface area contributed by atoms with Crippen molar-refractivity contribution in [2.45, 2.75) is 26.2 Å². The molecular weight excluding hydrogens is 380 g/mol. The zero-order chi connectivity index (χ0) is 21.4. The van der Waals surface area contributed by atoms with Crippen LogP contribution in [0.3, 0.4) is 0 Å². The van der Waals surface area contributed by atoms with Crippen LogP contribution in [-0.4, -0.2) is 9.55 Å². The van der Waals surface area contributed by atoms with Crippen molar-refractivity contribution in [3.63, 3.8) is 0 Å². The summed E-state index contributed by atoms with van der Waals surface area (Å²) in [5, 5.41) is 2.83. The first-order valence-electron chi connectivity index (χ1n) is 10.8. The van der Waals surface area contributed by atoms with Gasteiger partial charge in [0.15, 0.2) is 0 Å². The van der Waals surface area contributed by atoms with Crippen molar-refractivity contribution in [3.05, 3.63) is 107 Å². The van der Waals surface area contributed by atoms with E-state index in [1.807, 2.05) is 60.7 Å². The first kappa shape index (κ1) is 19.3. The number of hydrogen-bond acceptors (Lipinski definition) is 2. The number of para-hydroxylation sites is 1. The first-order chi connectivity index (χ1) is 15.2. The van der Waals surface area contributed by atoms with Crippen molar-refractivity contribution in [2.75, 3.05) is 0 Å². The molecule has 0 N–H and O–H groups in total. The summed E-state index contributed by atoms with van der Waals surface area (Å²) >= 11 is 0. The number of aromatic nitrogens is 2. The second-order valence-electron chi connectivity index (χ2n) is 8.02. The van der Waals surface area contributed by atoms with E-state index in [9.17, 15) is 4.79 Å². The molecule has 0 bridgehead atoms. The largest absolute Gasteiger partial charge is 0.268 e. The Morgan fingerprint density at radius 1 is 0.806 bits per heavy atom. The summed E-state index contributed by atoms with van der Waals surface area (Å²) in [6.45, 7) is 4.41. The van der Waals surface area contributed by atoms with Crippen LogP contribution in [0.5, 0.6) is 0 Å². The van der Waals surface area contributed by atoms with Gasteiger partial charge in [0.05, 0.1) is 16.6 Å². The molecule has 3 heteroatoms. The third kappa shape index (κ3) is 3.32. The molecule has 0 radical (unpaired) electrons. The van der Waals surface area contributed by atoms with E-state index in [4.69, 9.17) is 4.98 Å². The Balaban J connectivity index is 1.83. The zero-order valence-electron chi connectivity index (χ0n) is 17.7. The lowest BCUT2D eigenvalue weighted by atomic mass is 9.98. The fraction of sp³-hybridized carbons (Fsp3) is 0.143. The highest BCUT2D eigenvalue weighted by Gasteiger charge is 2.16. The summed E-state index contributed by atoms with van der Waals surface area (Å²) in [7, 11) is 0. The highest BCUT2D eigenvalue weighted by Crippen LogP contribution is 2.30. The van der Waals surface area contributed by atoms with Gasteiger partial charge in [0.1, 0.15) is 5.82 Å². The van der Waals surface area contributed by atoms with Crippen LogP contribution in [0.4, 0.5) is 0 Å². The summed E-state index contributed by atoms with van der Waals surface area (Å²) < 4.78 is 1.75. The van der Waals surface area contributed by atoms with Gasteiger partial charge in [-0.2, -0.15) is 0 Å². The summed E-state index contributed by atoms with van der Waals surface area (Å²) in [6, 6.07) is 30.3. The molecule has 0 saturated carbocycles. The van der Waals surface area contributed by atoms with Crippen molar-refractivity contribution in [3.8, 4) is 17.1 Å². The lowest BCUT2D eigenvalue weighted by Gasteiger charge is -2.16. The summed E-state index contributed by atoms with van der Waals surface area (Å²) in [5.74, 6) is 1.15. The predicted octanol–water partition coefficient (Wildman–Crippen LogP) is 6.72. The molecule has 0 saturated heterocycles. The molecule has 1 unspecified atom stereocenters. The lowest BCUT2D eigenvalue weighted by molar-refractivity contribution is 0.733. The van der Waals surface area contributed by atoms with Gasteiger partial charge in [0.25, 0.3) is 5.56 Å². The molecule has 1 atom stereocenters. The van der Waals surface area contributed by atoms with Crippen LogP contribution >= 0.6 is 0 Å². The normalized spacial score (nSPS) is 12.3. The fourth-order valence-corrected chi connectivity index (χ4v) is 4.16. The van der Waals surface area contributed by atoms with E-state index in [0.717, 1.165) is 28.4 Å². The Kier molecular flexibility index (Phi) is 4.87. The molecule has 5 rings (SSSR count). The van der Waals surface area contributed by atoms with Crippen LogP contribution in [0.2, 0.25) is 0 Å². The van der Waals surface area contributed by atoms with Crippen LogP contribution in [0.1, 0.15) is 31.7 Å². The predicted molar refractivity (Wildman–Crippen MR) is 129 cm³/mol. The van der Waals surface area contributed by atoms with Crippen molar-refractivity contribution < 1.29 is 0 Å². The third-order valence-corrected chi connectivity index (χ3v) is 6.14. The van der Waals surface area contributed by atoms with Crippen molar-refractivity contribution in [2.24, 2.45) is 0 Å². The van der Waals surface area contributed by atoms with Crippen LogP contribution in [0.15, 0.2) is 95.8 Å². The molecule has 0 fully saturated rings. The van der Waals surface area contributed by atoms with Gasteiger partial charge in [0, 0.05) is 5.56 Å². The summed E-state index contributed by atoms with van der Waals surface area (Å²) in [5.41, 5.74) is 3.72. The second-order valence-corrected chi connectivity index (χ2v) is 8.02. The molecule has 0 spiro atoms. The van der Waals surface area contributed by atoms with E-state index in [2.05, 4.69) is 44.2 Å². The summed E-state index contributed by atoms with van der Waals surface area (Å²) in [4.78, 5) is 18.6. The molecule has 0 amide bonds. The lowest BCUT2D eigenvalue weighted by Crippen LogP contribution is -2.22. The molecule has 4 aromatic carbocycles. The monoisotopic (exact) mass is 404 g/mol. The molecular formula is C28H24N2O. The van der Waals surface area contributed by atoms with Crippen LogP contribution in [0, 0.1) is 0 Å². The number of nitrogens with zero attached hydrogens (tertiary/aromatic N) is 2. The van der Waals surface area contributed by atoms with Crippen molar-refractivity contribution >= 4 is 21.7 Å². The van der Waals surface area contributed by atoms with Gasteiger partial charge in [-0.25, -0.2) is 4.98 Å². The molecule has 31 heavy (non-hydrogen) atoms. The highest BCUT2D eigenvalue weighted by atomic mass is 16.1. The molecule has 0 aliphatic rings. The fourth-order valence-electron chi connectivity index (χ4n) is 4.16. The van der Waals surface area contributed by atoms with Gasteiger partial charge in [-0.15, -0.1) is 0 Å². The van der Waals surface area contributed by atoms with Crippen molar-refractivity contribution in [1.29, 1.82) is 0 Å². The average molecular weight is 405 g/mol. The second kappa shape index (κ2) is 7.84. The minimum absolute atomic E-state index is 0.0511. The first-order valence-corrected chi connectivity index (χ1v) is 10.8. The van der Waals surface area contributed by atoms with E-state index < -0.39 is 0 Å². The van der Waals surface area contributed by atoms with Gasteiger partial charge >= 0.3 is 0 Å². The van der Waals surface area contributed by atoms with E-state index >= 15 is 0 Å². The zero-order valence-corrected chi connectivity index (χ0v) is 17.7. The van der Waals surface area contributed by atoms with E-state index in [0.29, 0.717) is 22.6 Å². The minimum Gasteiger partial charge on any atom is -0.268 e. The maximum atomic E-state index is 13.7. The molecule has 152 valence electrons. The van der Waals surface area contributed by atoms with Crippen LogP contribution < -0.4 is 5.56 Å². The van der Waals surface area contributed by atoms with E-state index in [1.54, 1.807) is 4.57 Å². The van der Waals surface area contributed by atoms with Gasteiger partial charge in [-0.1, -0.05) is 80.6 Å². The topological polar surface area (TPSA) is 34.9 Å². The van der Waals surface area contributed by atoms with Gasteiger partial charge in [-0.05, 0) is 52.9 Å². The summed E-state index contributed by atoms with van der Waals surface area (Å²) in [6.07, 6.45) is 1.08. The Labute approximate surface area is 181 Å². The molecule has 0 aliphatic heterocycles. The van der Waals surface area contributed by atoms with E-state index in [1.165, 1.54) is 5.56 Å². The average Bonchev–Trinajstić information content (AvgIpc) is 2.83. The Morgan fingerprint density at radius 2 is 1.48 bits per heavy atom. The number of fused-ring (bicyclic) bond motifs is 2. The quantitative estimate of drug-likeness (QED) is 0.333. The van der Waals surface area contributed by atoms with Gasteiger partial charge in [0.2, 0.25) is 0 Å². The van der Waals surface area contributed by atoms with Crippen LogP contribution in [0.25, 0.3) is 38.8 Å². The standard InChI is InChI=1S/C28H24N2O/c1-3-19(2)20-15-17-22(18-16-20)30-27(29-26-14-7-6-12-25(26)28(30)31)24-13-8-10-21-9-4-5-11-23(21)24/h4-19H,3H2,1-2H3. The molecule has 0 aliphatic carbocycles. The maximum absolute atomic E-state index is 13.7. The minimum atomic E-state index is -0.0511. The van der Waals surface area contributed by atoms with Crippen LogP contribution in [-0.2, 0) is 0 Å². The van der Waals surface area contributed by atoms with Crippen molar-refractivity contribution in [1.82, 2.24) is 9.55 Å². The molecule has 5 aromatic rings. The third-order valence-electron chi connectivity index (χ3n) is 6.14. The SMILES string of the molecule is CCC(C)c1ccc(-n2c(-c3cccc4ccccc34)nc3ccccc3c2=O)cc1. The smallest absolute Gasteiger partial charge is 0.266 e. The number of hydrogen-bond donors (Lipinski definition) is 0. The molecule has 1 aromatic heterocycles. The highest BCUT2D eigenvalue weighted by molar-refractivity contribution is 5.96. The molecule has 1 heterocycles. The number of benzene rings is 4. The maximum Gasteiger partial charge on any atom is 0.266 e.